The Balaban J connectivity index is 1.88. The molecule has 0 saturated heterocycles. The van der Waals surface area contributed by atoms with E-state index in [1.807, 2.05) is 7.11 Å². The average molecular weight is 659 g/mol. The lowest BCUT2D eigenvalue weighted by atomic mass is 9.86. The number of methoxy groups -OCH3 is 1. The van der Waals surface area contributed by atoms with Crippen molar-refractivity contribution < 1.29 is 4.74 Å². The van der Waals surface area contributed by atoms with Gasteiger partial charge in [0.15, 0.2) is 0 Å². The summed E-state index contributed by atoms with van der Waals surface area (Å²) in [6, 6.07) is 35.7. The minimum Gasteiger partial charge on any atom is -0.372 e. The minimum absolute atomic E-state index is 0.00787. The number of ether oxygens (including phenoxy) is 1. The Bertz CT molecular complexity index is 1730. The van der Waals surface area contributed by atoms with E-state index in [-0.39, 0.29) is 11.3 Å². The van der Waals surface area contributed by atoms with Crippen LogP contribution in [0.25, 0.3) is 0 Å². The van der Waals surface area contributed by atoms with Crippen LogP contribution in [-0.2, 0) is 10.2 Å². The van der Waals surface area contributed by atoms with E-state index in [9.17, 15) is 0 Å². The van der Waals surface area contributed by atoms with Crippen LogP contribution in [-0.4, -0.2) is 7.11 Å². The molecule has 0 aliphatic heterocycles. The van der Waals surface area contributed by atoms with E-state index in [0.717, 1.165) is 0 Å². The average Bonchev–Trinajstić information content (AvgIpc) is 2.93. The predicted molar refractivity (Wildman–Crippen MR) is 211 cm³/mol. The van der Waals surface area contributed by atoms with Gasteiger partial charge in [-0.1, -0.05) is 150 Å². The zero-order chi connectivity index (χ0) is 34.2. The van der Waals surface area contributed by atoms with Gasteiger partial charge in [0.2, 0.25) is 0 Å². The molecule has 0 saturated carbocycles. The first-order valence-electron chi connectivity index (χ1n) is 16.7. The van der Waals surface area contributed by atoms with Crippen molar-refractivity contribution in [3.05, 3.63) is 147 Å². The Morgan fingerprint density at radius 1 is 0.468 bits per heavy atom. The molecule has 0 spiro atoms. The number of rotatable bonds is 8. The largest absolute Gasteiger partial charge is 0.372 e. The summed E-state index contributed by atoms with van der Waals surface area (Å²) in [5.74, 6) is -0.127. The molecule has 0 radical (unpaired) electrons. The summed E-state index contributed by atoms with van der Waals surface area (Å²) in [5, 5.41) is 6.92. The molecule has 1 nitrogen and oxygen atoms in total. The fraction of sp³-hybridized carbons (Fsp3) is 0.318. The lowest BCUT2D eigenvalue weighted by Crippen LogP contribution is -2.29. The second-order valence-corrected chi connectivity index (χ2v) is 19.1. The molecule has 5 aromatic carbocycles. The van der Waals surface area contributed by atoms with E-state index in [2.05, 4.69) is 167 Å². The van der Waals surface area contributed by atoms with Gasteiger partial charge < -0.3 is 4.74 Å². The molecule has 5 rings (SSSR count). The Morgan fingerprint density at radius 3 is 1.13 bits per heavy atom. The zero-order valence-corrected chi connectivity index (χ0v) is 32.3. The second kappa shape index (κ2) is 14.2. The highest BCUT2D eigenvalue weighted by atomic mass is 31.1. The highest BCUT2D eigenvalue weighted by Gasteiger charge is 2.33. The van der Waals surface area contributed by atoms with E-state index in [1.165, 1.54) is 82.2 Å². The summed E-state index contributed by atoms with van der Waals surface area (Å²) in [4.78, 5) is 0. The maximum atomic E-state index is 6.79. The molecule has 0 amide bonds. The number of hydrogen-bond acceptors (Lipinski definition) is 1. The van der Waals surface area contributed by atoms with Gasteiger partial charge >= 0.3 is 0 Å². The third-order valence-electron chi connectivity index (χ3n) is 8.76. The predicted octanol–water partition coefficient (Wildman–Crippen LogP) is 9.99. The van der Waals surface area contributed by atoms with Crippen LogP contribution in [0.5, 0.6) is 0 Å². The SMILES string of the molecule is CO[C@@H](c1ccc(C(C)(C)C)cc1P(c1cc(C)cc(C)c1)c1cc(C)cc(C)c1)P(c1cc(C)cc(C)c1)c1cc(C)cc(C)c1. The number of benzene rings is 5. The molecule has 0 fully saturated rings. The first-order chi connectivity index (χ1) is 22.1. The maximum Gasteiger partial charge on any atom is 0.110 e. The van der Waals surface area contributed by atoms with Gasteiger partial charge in [0, 0.05) is 7.11 Å². The van der Waals surface area contributed by atoms with Crippen LogP contribution in [0.15, 0.2) is 91.0 Å². The minimum atomic E-state index is -0.909. The summed E-state index contributed by atoms with van der Waals surface area (Å²) >= 11 is 0. The molecule has 5 aromatic rings. The topological polar surface area (TPSA) is 9.23 Å². The quantitative estimate of drug-likeness (QED) is 0.151. The van der Waals surface area contributed by atoms with Crippen molar-refractivity contribution >= 4 is 42.4 Å². The van der Waals surface area contributed by atoms with Crippen LogP contribution < -0.4 is 26.5 Å². The molecular weight excluding hydrogens is 606 g/mol. The van der Waals surface area contributed by atoms with Crippen molar-refractivity contribution in [1.29, 1.82) is 0 Å². The molecule has 47 heavy (non-hydrogen) atoms. The summed E-state index contributed by atoms with van der Waals surface area (Å²) in [6.45, 7) is 24.8. The fourth-order valence-electron chi connectivity index (χ4n) is 6.97. The molecule has 244 valence electrons. The molecule has 1 atom stereocenters. The van der Waals surface area contributed by atoms with Crippen molar-refractivity contribution in [3.8, 4) is 0 Å². The van der Waals surface area contributed by atoms with Gasteiger partial charge in [-0.05, 0) is 120 Å². The van der Waals surface area contributed by atoms with Gasteiger partial charge in [0.1, 0.15) is 5.85 Å². The summed E-state index contributed by atoms with van der Waals surface area (Å²) in [5.41, 5.74) is 13.1. The molecule has 3 heteroatoms. The highest BCUT2D eigenvalue weighted by molar-refractivity contribution is 7.80. The zero-order valence-electron chi connectivity index (χ0n) is 30.5. The van der Waals surface area contributed by atoms with Crippen LogP contribution in [0, 0.1) is 55.4 Å². The summed E-state index contributed by atoms with van der Waals surface area (Å²) < 4.78 is 6.79. The van der Waals surface area contributed by atoms with Crippen LogP contribution in [0.1, 0.15) is 82.3 Å². The number of hydrogen-bond donors (Lipinski definition) is 0. The fourth-order valence-corrected chi connectivity index (χ4v) is 12.9. The van der Waals surface area contributed by atoms with Gasteiger partial charge in [-0.2, -0.15) is 0 Å². The van der Waals surface area contributed by atoms with Gasteiger partial charge in [-0.25, -0.2) is 0 Å². The van der Waals surface area contributed by atoms with Gasteiger partial charge in [-0.3, -0.25) is 0 Å². The molecular formula is C44H52OP2. The van der Waals surface area contributed by atoms with Crippen molar-refractivity contribution in [2.45, 2.75) is 87.4 Å². The molecule has 0 aliphatic rings. The Hall–Kier alpha value is -3.08. The maximum absolute atomic E-state index is 6.79. The third-order valence-corrected chi connectivity index (χ3v) is 13.8. The Labute approximate surface area is 287 Å². The Morgan fingerprint density at radius 2 is 0.809 bits per heavy atom. The normalized spacial score (nSPS) is 12.6. The van der Waals surface area contributed by atoms with Crippen molar-refractivity contribution in [1.82, 2.24) is 0 Å². The van der Waals surface area contributed by atoms with Gasteiger partial charge in [0.25, 0.3) is 0 Å². The highest BCUT2D eigenvalue weighted by Crippen LogP contribution is 2.52. The first kappa shape index (κ1) is 35.2. The third kappa shape index (κ3) is 8.15. The molecule has 0 aromatic heterocycles. The van der Waals surface area contributed by atoms with Crippen molar-refractivity contribution in [3.63, 3.8) is 0 Å². The van der Waals surface area contributed by atoms with Crippen LogP contribution in [0.2, 0.25) is 0 Å². The van der Waals surface area contributed by atoms with Crippen LogP contribution >= 0.6 is 15.8 Å². The van der Waals surface area contributed by atoms with E-state index >= 15 is 0 Å². The Kier molecular flexibility index (Phi) is 10.6. The first-order valence-corrected chi connectivity index (χ1v) is 19.5. The smallest absolute Gasteiger partial charge is 0.110 e. The van der Waals surface area contributed by atoms with Gasteiger partial charge in [0.05, 0.1) is 0 Å². The van der Waals surface area contributed by atoms with E-state index in [4.69, 9.17) is 4.74 Å². The molecule has 0 aliphatic carbocycles. The van der Waals surface area contributed by atoms with Crippen LogP contribution in [0.4, 0.5) is 0 Å². The standard InChI is InChI=1S/C44H52OP2/c1-28-15-29(2)20-37(19-28)46(38-21-30(3)16-31(4)22-38)42-27-36(44(9,10)11)13-14-41(42)43(45-12)47(39-23-32(5)17-33(6)24-39)40-25-34(7)18-35(8)26-40/h13-27,43H,1-12H3/t43-/m1/s1. The molecule has 0 bridgehead atoms. The molecule has 0 N–H and O–H groups in total. The second-order valence-electron chi connectivity index (χ2n) is 14.7. The van der Waals surface area contributed by atoms with E-state index in [0.29, 0.717) is 0 Å². The summed E-state index contributed by atoms with van der Waals surface area (Å²) in [6.07, 6.45) is 0. The van der Waals surface area contributed by atoms with Crippen LogP contribution in [0.3, 0.4) is 0 Å². The lowest BCUT2D eigenvalue weighted by molar-refractivity contribution is 0.173. The van der Waals surface area contributed by atoms with E-state index in [1.54, 1.807) is 0 Å². The molecule has 0 heterocycles. The monoisotopic (exact) mass is 658 g/mol. The van der Waals surface area contributed by atoms with E-state index < -0.39 is 15.8 Å². The lowest BCUT2D eigenvalue weighted by Gasteiger charge is -2.34. The van der Waals surface area contributed by atoms with Crippen molar-refractivity contribution in [2.75, 3.05) is 7.11 Å². The summed E-state index contributed by atoms with van der Waals surface area (Å²) in [7, 11) is 0.120. The van der Waals surface area contributed by atoms with Crippen molar-refractivity contribution in [2.24, 2.45) is 0 Å². The number of aryl methyl sites for hydroxylation is 8. The van der Waals surface area contributed by atoms with Gasteiger partial charge in [-0.15, -0.1) is 0 Å². The molecule has 0 unspecified atom stereocenters.